The smallest absolute Gasteiger partial charge is 0.0208 e. The van der Waals surface area contributed by atoms with Crippen LogP contribution in [0.4, 0.5) is 0 Å². The molecule has 0 aliphatic heterocycles. The number of fused-ring (bicyclic) bond motifs is 1. The van der Waals surface area contributed by atoms with E-state index in [0.717, 1.165) is 12.6 Å². The number of hydrogen-bond donors (Lipinski definition) is 1. The van der Waals surface area contributed by atoms with Crippen molar-refractivity contribution < 1.29 is 0 Å². The monoisotopic (exact) mass is 243 g/mol. The minimum absolute atomic E-state index is 0.551. The summed E-state index contributed by atoms with van der Waals surface area (Å²) in [5.41, 5.74) is 5.21. The van der Waals surface area contributed by atoms with Gasteiger partial charge in [-0.15, -0.1) is 0 Å². The average molecular weight is 243 g/mol. The molecule has 0 radical (unpaired) electrons. The van der Waals surface area contributed by atoms with Gasteiger partial charge in [-0.25, -0.2) is 0 Å². The second-order valence-corrected chi connectivity index (χ2v) is 6.94. The molecular formula is C17H25N. The lowest BCUT2D eigenvalue weighted by Gasteiger charge is -2.18. The van der Waals surface area contributed by atoms with Crippen molar-refractivity contribution in [2.24, 2.45) is 5.41 Å². The predicted octanol–water partition coefficient (Wildman–Crippen LogP) is 3.84. The van der Waals surface area contributed by atoms with Crippen molar-refractivity contribution in [3.8, 4) is 0 Å². The Morgan fingerprint density at radius 2 is 2.06 bits per heavy atom. The van der Waals surface area contributed by atoms with Gasteiger partial charge in [0.1, 0.15) is 0 Å². The zero-order valence-electron chi connectivity index (χ0n) is 11.8. The molecule has 0 spiro atoms. The molecule has 1 aromatic rings. The Hall–Kier alpha value is -0.820. The van der Waals surface area contributed by atoms with Crippen molar-refractivity contribution in [2.75, 3.05) is 0 Å². The minimum atomic E-state index is 0.551. The highest BCUT2D eigenvalue weighted by atomic mass is 14.9. The topological polar surface area (TPSA) is 12.0 Å². The van der Waals surface area contributed by atoms with Crippen molar-refractivity contribution in [1.82, 2.24) is 5.32 Å². The fraction of sp³-hybridized carbons (Fsp3) is 0.647. The molecule has 0 saturated heterocycles. The molecule has 1 fully saturated rings. The van der Waals surface area contributed by atoms with Crippen molar-refractivity contribution in [3.05, 3.63) is 34.9 Å². The maximum Gasteiger partial charge on any atom is 0.0208 e. The molecule has 2 aliphatic rings. The van der Waals surface area contributed by atoms with E-state index in [0.29, 0.717) is 5.41 Å². The summed E-state index contributed by atoms with van der Waals surface area (Å²) in [5, 5.41) is 3.74. The first-order valence-electron chi connectivity index (χ1n) is 7.46. The minimum Gasteiger partial charge on any atom is -0.310 e. The van der Waals surface area contributed by atoms with Crippen molar-refractivity contribution in [1.29, 1.82) is 0 Å². The van der Waals surface area contributed by atoms with Gasteiger partial charge in [-0.05, 0) is 60.6 Å². The predicted molar refractivity (Wildman–Crippen MR) is 76.7 cm³/mol. The Labute approximate surface area is 111 Å². The van der Waals surface area contributed by atoms with E-state index in [1.165, 1.54) is 44.1 Å². The molecule has 1 aromatic carbocycles. The molecule has 2 aliphatic carbocycles. The summed E-state index contributed by atoms with van der Waals surface area (Å²) in [6.07, 6.45) is 7.98. The van der Waals surface area contributed by atoms with E-state index in [1.807, 2.05) is 0 Å². The lowest BCUT2D eigenvalue weighted by Crippen LogP contribution is -2.26. The van der Waals surface area contributed by atoms with Crippen LogP contribution in [0.1, 0.15) is 56.2 Å². The molecule has 98 valence electrons. The average Bonchev–Trinajstić information content (AvgIpc) is 2.92. The van der Waals surface area contributed by atoms with Crippen LogP contribution >= 0.6 is 0 Å². The van der Waals surface area contributed by atoms with Crippen LogP contribution in [-0.4, -0.2) is 6.04 Å². The highest BCUT2D eigenvalue weighted by Crippen LogP contribution is 2.37. The maximum atomic E-state index is 3.74. The van der Waals surface area contributed by atoms with E-state index in [9.17, 15) is 0 Å². The highest BCUT2D eigenvalue weighted by Gasteiger charge is 2.30. The van der Waals surface area contributed by atoms with Gasteiger partial charge in [0.25, 0.3) is 0 Å². The van der Waals surface area contributed by atoms with Crippen LogP contribution < -0.4 is 5.32 Å². The molecule has 18 heavy (non-hydrogen) atoms. The molecular weight excluding hydrogens is 218 g/mol. The van der Waals surface area contributed by atoms with Gasteiger partial charge < -0.3 is 5.32 Å². The summed E-state index contributed by atoms with van der Waals surface area (Å²) in [6, 6.07) is 7.82. The molecule has 1 unspecified atom stereocenters. The lowest BCUT2D eigenvalue weighted by molar-refractivity contribution is 0.364. The van der Waals surface area contributed by atoms with Crippen LogP contribution in [0.15, 0.2) is 18.2 Å². The fourth-order valence-electron chi connectivity index (χ4n) is 3.61. The molecule has 1 saturated carbocycles. The SMILES string of the molecule is CC1(C)CCC(NCc2ccc3c(c2)CCC3)C1. The molecule has 1 nitrogen and oxygen atoms in total. The molecule has 3 rings (SSSR count). The molecule has 0 aromatic heterocycles. The Balaban J connectivity index is 1.57. The second-order valence-electron chi connectivity index (χ2n) is 6.94. The van der Waals surface area contributed by atoms with Gasteiger partial charge in [0.2, 0.25) is 0 Å². The van der Waals surface area contributed by atoms with E-state index in [1.54, 1.807) is 11.1 Å². The third-order valence-electron chi connectivity index (χ3n) is 4.73. The quantitative estimate of drug-likeness (QED) is 0.850. The van der Waals surface area contributed by atoms with Crippen LogP contribution in [-0.2, 0) is 19.4 Å². The zero-order chi connectivity index (χ0) is 12.6. The van der Waals surface area contributed by atoms with Crippen molar-refractivity contribution in [2.45, 2.75) is 65.0 Å². The maximum absolute atomic E-state index is 3.74. The lowest BCUT2D eigenvalue weighted by atomic mass is 9.92. The standard InChI is InChI=1S/C17H25N/c1-17(2)9-8-16(11-17)18-12-13-6-7-14-4-3-5-15(14)10-13/h6-7,10,16,18H,3-5,8-9,11-12H2,1-2H3. The molecule has 1 atom stereocenters. The third kappa shape index (κ3) is 2.61. The molecule has 0 bridgehead atoms. The van der Waals surface area contributed by atoms with E-state index < -0.39 is 0 Å². The van der Waals surface area contributed by atoms with E-state index in [-0.39, 0.29) is 0 Å². The van der Waals surface area contributed by atoms with Crippen LogP contribution in [0.3, 0.4) is 0 Å². The van der Waals surface area contributed by atoms with Crippen molar-refractivity contribution >= 4 is 0 Å². The van der Waals surface area contributed by atoms with Gasteiger partial charge >= 0.3 is 0 Å². The van der Waals surface area contributed by atoms with Gasteiger partial charge in [0, 0.05) is 12.6 Å². The molecule has 1 heteroatoms. The first-order valence-corrected chi connectivity index (χ1v) is 7.46. The largest absolute Gasteiger partial charge is 0.310 e. The Morgan fingerprint density at radius 1 is 1.22 bits per heavy atom. The van der Waals surface area contributed by atoms with Crippen molar-refractivity contribution in [3.63, 3.8) is 0 Å². The van der Waals surface area contributed by atoms with Gasteiger partial charge in [0.05, 0.1) is 0 Å². The molecule has 0 heterocycles. The van der Waals surface area contributed by atoms with Gasteiger partial charge in [-0.3, -0.25) is 0 Å². The van der Waals surface area contributed by atoms with Crippen LogP contribution in [0, 0.1) is 5.41 Å². The summed E-state index contributed by atoms with van der Waals surface area (Å²) in [6.45, 7) is 5.84. The Morgan fingerprint density at radius 3 is 2.83 bits per heavy atom. The summed E-state index contributed by atoms with van der Waals surface area (Å²) in [5.74, 6) is 0. The van der Waals surface area contributed by atoms with E-state index in [2.05, 4.69) is 37.4 Å². The summed E-state index contributed by atoms with van der Waals surface area (Å²) in [4.78, 5) is 0. The molecule has 0 amide bonds. The van der Waals surface area contributed by atoms with E-state index in [4.69, 9.17) is 0 Å². The van der Waals surface area contributed by atoms with Crippen LogP contribution in [0.25, 0.3) is 0 Å². The van der Waals surface area contributed by atoms with Crippen LogP contribution in [0.5, 0.6) is 0 Å². The van der Waals surface area contributed by atoms with Gasteiger partial charge in [0.15, 0.2) is 0 Å². The van der Waals surface area contributed by atoms with Crippen LogP contribution in [0.2, 0.25) is 0 Å². The third-order valence-corrected chi connectivity index (χ3v) is 4.73. The van der Waals surface area contributed by atoms with Gasteiger partial charge in [-0.2, -0.15) is 0 Å². The number of rotatable bonds is 3. The fourth-order valence-corrected chi connectivity index (χ4v) is 3.61. The van der Waals surface area contributed by atoms with E-state index >= 15 is 0 Å². The summed E-state index contributed by atoms with van der Waals surface area (Å²) in [7, 11) is 0. The summed E-state index contributed by atoms with van der Waals surface area (Å²) < 4.78 is 0. The second kappa shape index (κ2) is 4.70. The summed E-state index contributed by atoms with van der Waals surface area (Å²) >= 11 is 0. The Kier molecular flexibility index (Phi) is 3.19. The molecule has 1 N–H and O–H groups in total. The number of hydrogen-bond acceptors (Lipinski definition) is 1. The number of nitrogens with one attached hydrogen (secondary N) is 1. The number of benzene rings is 1. The highest BCUT2D eigenvalue weighted by molar-refractivity contribution is 5.35. The zero-order valence-corrected chi connectivity index (χ0v) is 11.8. The number of aryl methyl sites for hydroxylation is 2. The normalized spacial score (nSPS) is 25.3. The Bertz CT molecular complexity index is 433. The first kappa shape index (κ1) is 12.2. The first-order chi connectivity index (χ1) is 8.62. The van der Waals surface area contributed by atoms with Gasteiger partial charge in [-0.1, -0.05) is 32.0 Å².